The lowest BCUT2D eigenvalue weighted by Crippen LogP contribution is -2.38. The van der Waals surface area contributed by atoms with Crippen molar-refractivity contribution in [2.75, 3.05) is 44.7 Å². The Balaban J connectivity index is 0.000000339. The SMILES string of the molecule is C/C=C1\OC(CNC=O)CN1c1ccc(C23CC2CN(C(=O)CNC)C3)cc1.CC.O=Cc1cccnc1. The number of hydrogen-bond donors (Lipinski definition) is 2. The predicted molar refractivity (Wildman–Crippen MR) is 148 cm³/mol. The van der Waals surface area contributed by atoms with Crippen molar-refractivity contribution in [2.24, 2.45) is 5.92 Å². The van der Waals surface area contributed by atoms with Gasteiger partial charge in [-0.3, -0.25) is 19.4 Å². The third-order valence-electron chi connectivity index (χ3n) is 7.02. The Morgan fingerprint density at radius 2 is 1.95 bits per heavy atom. The zero-order valence-electron chi connectivity index (χ0n) is 22.7. The molecule has 2 aliphatic heterocycles. The normalized spacial score (nSPS) is 23.7. The summed E-state index contributed by atoms with van der Waals surface area (Å²) in [4.78, 5) is 40.6. The molecular formula is C29H39N5O4. The van der Waals surface area contributed by atoms with Crippen LogP contribution in [0.3, 0.4) is 0 Å². The number of ether oxygens (including phenoxy) is 1. The number of rotatable bonds is 8. The molecule has 2 saturated heterocycles. The Morgan fingerprint density at radius 3 is 2.53 bits per heavy atom. The van der Waals surface area contributed by atoms with Gasteiger partial charge in [-0.1, -0.05) is 26.0 Å². The summed E-state index contributed by atoms with van der Waals surface area (Å²) in [7, 11) is 1.81. The van der Waals surface area contributed by atoms with E-state index in [9.17, 15) is 14.4 Å². The lowest BCUT2D eigenvalue weighted by atomic mass is 9.94. The molecule has 1 saturated carbocycles. The number of nitrogens with zero attached hydrogens (tertiary/aromatic N) is 3. The number of fused-ring (bicyclic) bond motifs is 1. The second-order valence-electron chi connectivity index (χ2n) is 9.32. The third kappa shape index (κ3) is 6.58. The second kappa shape index (κ2) is 13.7. The molecule has 0 spiro atoms. The minimum Gasteiger partial charge on any atom is -0.472 e. The van der Waals surface area contributed by atoms with Gasteiger partial charge in [-0.25, -0.2) is 0 Å². The van der Waals surface area contributed by atoms with Crippen LogP contribution in [0.15, 0.2) is 60.8 Å². The molecule has 3 unspecified atom stereocenters. The number of likely N-dealkylation sites (N-methyl/N-ethyl adjacent to an activating group) is 1. The molecule has 204 valence electrons. The van der Waals surface area contributed by atoms with E-state index >= 15 is 0 Å². The summed E-state index contributed by atoms with van der Waals surface area (Å²) in [6.45, 7) is 9.26. The number of piperidine rings is 1. The first kappa shape index (κ1) is 28.8. The summed E-state index contributed by atoms with van der Waals surface area (Å²) in [5, 5.41) is 5.64. The van der Waals surface area contributed by atoms with Crippen molar-refractivity contribution in [1.82, 2.24) is 20.5 Å². The zero-order valence-corrected chi connectivity index (χ0v) is 22.7. The molecular weight excluding hydrogens is 482 g/mol. The maximum atomic E-state index is 12.2. The molecule has 2 aromatic rings. The molecule has 2 N–H and O–H groups in total. The average molecular weight is 522 g/mol. The Morgan fingerprint density at radius 1 is 1.18 bits per heavy atom. The maximum absolute atomic E-state index is 12.2. The van der Waals surface area contributed by atoms with E-state index in [0.717, 1.165) is 30.9 Å². The van der Waals surface area contributed by atoms with Gasteiger partial charge in [0.05, 0.1) is 19.6 Å². The van der Waals surface area contributed by atoms with Crippen molar-refractivity contribution in [1.29, 1.82) is 0 Å². The van der Waals surface area contributed by atoms with Gasteiger partial charge in [0.15, 0.2) is 12.2 Å². The van der Waals surface area contributed by atoms with E-state index in [0.29, 0.717) is 37.5 Å². The van der Waals surface area contributed by atoms with Crippen LogP contribution in [0.5, 0.6) is 0 Å². The molecule has 9 nitrogen and oxygen atoms in total. The smallest absolute Gasteiger partial charge is 0.236 e. The van der Waals surface area contributed by atoms with Gasteiger partial charge in [0, 0.05) is 42.1 Å². The quantitative estimate of drug-likeness (QED) is 0.515. The Hall–Kier alpha value is -3.72. The van der Waals surface area contributed by atoms with Crippen molar-refractivity contribution in [3.05, 3.63) is 71.9 Å². The lowest BCUT2D eigenvalue weighted by Gasteiger charge is -2.22. The second-order valence-corrected chi connectivity index (χ2v) is 9.32. The molecule has 1 aromatic heterocycles. The molecule has 3 aliphatic rings. The number of carbonyl (C=O) groups excluding carboxylic acids is 3. The molecule has 3 fully saturated rings. The highest BCUT2D eigenvalue weighted by Gasteiger charge is 2.61. The monoisotopic (exact) mass is 521 g/mol. The summed E-state index contributed by atoms with van der Waals surface area (Å²) in [5.41, 5.74) is 3.17. The van der Waals surface area contributed by atoms with Gasteiger partial charge in [-0.15, -0.1) is 0 Å². The first-order valence-corrected chi connectivity index (χ1v) is 13.2. The molecule has 2 amide bonds. The van der Waals surface area contributed by atoms with E-state index in [2.05, 4.69) is 44.8 Å². The fourth-order valence-corrected chi connectivity index (χ4v) is 5.11. The molecule has 0 radical (unpaired) electrons. The van der Waals surface area contributed by atoms with E-state index < -0.39 is 0 Å². The summed E-state index contributed by atoms with van der Waals surface area (Å²) in [6.07, 6.45) is 7.69. The van der Waals surface area contributed by atoms with Crippen molar-refractivity contribution in [2.45, 2.75) is 38.7 Å². The number of carbonyl (C=O) groups is 3. The number of benzene rings is 1. The molecule has 5 rings (SSSR count). The van der Waals surface area contributed by atoms with Crippen molar-refractivity contribution >= 4 is 24.3 Å². The molecule has 3 atom stereocenters. The van der Waals surface area contributed by atoms with Crippen LogP contribution in [0.2, 0.25) is 0 Å². The highest BCUT2D eigenvalue weighted by atomic mass is 16.5. The van der Waals surface area contributed by atoms with Gasteiger partial charge >= 0.3 is 0 Å². The summed E-state index contributed by atoms with van der Waals surface area (Å²) >= 11 is 0. The van der Waals surface area contributed by atoms with Crippen LogP contribution in [0, 0.1) is 5.92 Å². The molecule has 1 aromatic carbocycles. The number of likely N-dealkylation sites (tertiary alicyclic amines) is 1. The molecule has 38 heavy (non-hydrogen) atoms. The number of amides is 2. The fraction of sp³-hybridized carbons (Fsp3) is 0.448. The summed E-state index contributed by atoms with van der Waals surface area (Å²) in [5.74, 6) is 1.59. The van der Waals surface area contributed by atoms with E-state index in [1.807, 2.05) is 38.8 Å². The topological polar surface area (TPSA) is 104 Å². The van der Waals surface area contributed by atoms with Crippen molar-refractivity contribution in [3.8, 4) is 0 Å². The number of anilines is 1. The van der Waals surface area contributed by atoms with Gasteiger partial charge < -0.3 is 25.2 Å². The minimum atomic E-state index is -0.0518. The molecule has 3 heterocycles. The lowest BCUT2D eigenvalue weighted by molar-refractivity contribution is -0.129. The van der Waals surface area contributed by atoms with E-state index in [-0.39, 0.29) is 17.4 Å². The number of nitrogens with one attached hydrogen (secondary N) is 2. The van der Waals surface area contributed by atoms with Crippen LogP contribution in [-0.4, -0.2) is 74.4 Å². The minimum absolute atomic E-state index is 0.0518. The predicted octanol–water partition coefficient (Wildman–Crippen LogP) is 2.74. The standard InChI is InChI=1S/C21H28N4O3.C6H5NO.C2H6/c1-3-20-25(12-18(28-20)9-23-14-26)17-6-4-15(5-7-17)21-8-16(21)11-24(13-21)19(27)10-22-2;8-5-6-2-1-3-7-4-6;1-2/h3-7,14,16,18,22H,8-13H2,1-2H3,(H,23,26);1-5H;1-2H3/b20-3-;;. The summed E-state index contributed by atoms with van der Waals surface area (Å²) < 4.78 is 5.92. The molecule has 0 bridgehead atoms. The van der Waals surface area contributed by atoms with Crippen molar-refractivity contribution in [3.63, 3.8) is 0 Å². The van der Waals surface area contributed by atoms with Gasteiger partial charge in [0.25, 0.3) is 0 Å². The van der Waals surface area contributed by atoms with Crippen LogP contribution in [0.4, 0.5) is 5.69 Å². The van der Waals surface area contributed by atoms with E-state index in [1.165, 1.54) is 18.2 Å². The first-order valence-electron chi connectivity index (χ1n) is 13.2. The van der Waals surface area contributed by atoms with Crippen molar-refractivity contribution < 1.29 is 19.1 Å². The fourth-order valence-electron chi connectivity index (χ4n) is 5.11. The molecule has 1 aliphatic carbocycles. The number of aromatic nitrogens is 1. The van der Waals surface area contributed by atoms with Gasteiger partial charge in [-0.2, -0.15) is 0 Å². The Kier molecular flexibility index (Phi) is 10.4. The largest absolute Gasteiger partial charge is 0.472 e. The van der Waals surface area contributed by atoms with Crippen LogP contribution in [0.25, 0.3) is 0 Å². The van der Waals surface area contributed by atoms with Crippen LogP contribution >= 0.6 is 0 Å². The molecule has 9 heteroatoms. The first-order chi connectivity index (χ1) is 18.5. The number of allylic oxidation sites excluding steroid dienone is 1. The van der Waals surface area contributed by atoms with Crippen LogP contribution in [0.1, 0.15) is 43.1 Å². The average Bonchev–Trinajstić information content (AvgIpc) is 3.31. The third-order valence-corrected chi connectivity index (χ3v) is 7.02. The highest BCUT2D eigenvalue weighted by molar-refractivity contribution is 5.79. The Labute approximate surface area is 225 Å². The van der Waals surface area contributed by atoms with E-state index in [1.54, 1.807) is 18.3 Å². The van der Waals surface area contributed by atoms with Gasteiger partial charge in [-0.05, 0) is 62.2 Å². The van der Waals surface area contributed by atoms with Crippen LogP contribution in [-0.2, 0) is 19.7 Å². The Bertz CT molecular complexity index is 1090. The van der Waals surface area contributed by atoms with E-state index in [4.69, 9.17) is 4.74 Å². The zero-order chi connectivity index (χ0) is 27.5. The number of pyridine rings is 1. The van der Waals surface area contributed by atoms with Gasteiger partial charge in [0.2, 0.25) is 12.3 Å². The van der Waals surface area contributed by atoms with Crippen LogP contribution < -0.4 is 15.5 Å². The number of aldehydes is 1. The van der Waals surface area contributed by atoms with Gasteiger partial charge in [0.1, 0.15) is 6.10 Å². The highest BCUT2D eigenvalue weighted by Crippen LogP contribution is 2.59. The number of hydrogen-bond acceptors (Lipinski definition) is 7. The maximum Gasteiger partial charge on any atom is 0.236 e. The summed E-state index contributed by atoms with van der Waals surface area (Å²) in [6, 6.07) is 12.1.